The van der Waals surface area contributed by atoms with Crippen molar-refractivity contribution in [1.29, 1.82) is 0 Å². The molecule has 2 rings (SSSR count). The third-order valence-corrected chi connectivity index (χ3v) is 5.45. The molecule has 0 saturated heterocycles. The molecular formula is C28H36O7. The second-order valence-electron chi connectivity index (χ2n) is 8.19. The highest BCUT2D eigenvalue weighted by atomic mass is 16.7. The second-order valence-corrected chi connectivity index (χ2v) is 8.19. The molecule has 2 aromatic carbocycles. The fourth-order valence-corrected chi connectivity index (χ4v) is 3.12. The van der Waals surface area contributed by atoms with Crippen LogP contribution in [0.25, 0.3) is 11.1 Å². The zero-order valence-electron chi connectivity index (χ0n) is 20.6. The molecule has 0 aliphatic carbocycles. The predicted molar refractivity (Wildman–Crippen MR) is 135 cm³/mol. The van der Waals surface area contributed by atoms with Crippen molar-refractivity contribution in [2.45, 2.75) is 45.6 Å². The number of carbonyl (C=O) groups is 1. The van der Waals surface area contributed by atoms with Gasteiger partial charge in [0.05, 0.1) is 24.9 Å². The summed E-state index contributed by atoms with van der Waals surface area (Å²) in [5.41, 5.74) is 3.62. The summed E-state index contributed by atoms with van der Waals surface area (Å²) in [6.07, 6.45) is 4.25. The zero-order valence-corrected chi connectivity index (χ0v) is 20.6. The summed E-state index contributed by atoms with van der Waals surface area (Å²) >= 11 is 0. The highest BCUT2D eigenvalue weighted by Crippen LogP contribution is 2.30. The first-order valence-corrected chi connectivity index (χ1v) is 11.7. The Labute approximate surface area is 207 Å². The Kier molecular flexibility index (Phi) is 12.0. The maximum absolute atomic E-state index is 11.7. The third-order valence-electron chi connectivity index (χ3n) is 5.45. The van der Waals surface area contributed by atoms with E-state index < -0.39 is 12.6 Å². The van der Waals surface area contributed by atoms with Gasteiger partial charge in [0.2, 0.25) is 6.79 Å². The molecule has 0 aliphatic rings. The quantitative estimate of drug-likeness (QED) is 0.116. The van der Waals surface area contributed by atoms with E-state index in [2.05, 4.69) is 44.3 Å². The minimum absolute atomic E-state index is 0.0508. The van der Waals surface area contributed by atoms with Crippen molar-refractivity contribution >= 4 is 5.97 Å². The van der Waals surface area contributed by atoms with Gasteiger partial charge in [-0.25, -0.2) is 4.79 Å². The van der Waals surface area contributed by atoms with Gasteiger partial charge in [-0.3, -0.25) is 0 Å². The summed E-state index contributed by atoms with van der Waals surface area (Å²) in [7, 11) is 0. The summed E-state index contributed by atoms with van der Waals surface area (Å²) in [6, 6.07) is 13.7. The number of ether oxygens (including phenoxy) is 4. The normalized spacial score (nSPS) is 11.5. The van der Waals surface area contributed by atoms with E-state index in [1.165, 1.54) is 24.8 Å². The summed E-state index contributed by atoms with van der Waals surface area (Å²) in [6.45, 7) is 10.1. The van der Waals surface area contributed by atoms with Crippen LogP contribution in [0.5, 0.6) is 11.5 Å². The van der Waals surface area contributed by atoms with Crippen LogP contribution < -0.4 is 9.47 Å². The van der Waals surface area contributed by atoms with Crippen LogP contribution in [-0.2, 0) is 20.7 Å². The van der Waals surface area contributed by atoms with Gasteiger partial charge in [-0.05, 0) is 54.2 Å². The number of unbranched alkanes of at least 4 members (excludes halogenated alkanes) is 2. The lowest BCUT2D eigenvalue weighted by Gasteiger charge is -2.16. The Morgan fingerprint density at radius 3 is 2.17 bits per heavy atom. The molecule has 2 aromatic rings. The van der Waals surface area contributed by atoms with Crippen LogP contribution in [0, 0.1) is 0 Å². The van der Waals surface area contributed by atoms with Crippen LogP contribution in [0.15, 0.2) is 66.8 Å². The smallest absolute Gasteiger partial charge is 0.338 e. The van der Waals surface area contributed by atoms with Gasteiger partial charge in [-0.1, -0.05) is 57.2 Å². The molecule has 1 unspecified atom stereocenters. The number of hydrogen-bond acceptors (Lipinski definition) is 7. The van der Waals surface area contributed by atoms with Gasteiger partial charge in [-0.2, -0.15) is 0 Å². The fourth-order valence-electron chi connectivity index (χ4n) is 3.12. The van der Waals surface area contributed by atoms with Gasteiger partial charge in [-0.15, -0.1) is 0 Å². The van der Waals surface area contributed by atoms with Crippen LogP contribution in [-0.4, -0.2) is 49.1 Å². The molecule has 0 heterocycles. The Hall–Kier alpha value is -3.13. The van der Waals surface area contributed by atoms with E-state index in [-0.39, 0.29) is 31.9 Å². The average Bonchev–Trinajstić information content (AvgIpc) is 2.88. The lowest BCUT2D eigenvalue weighted by Crippen LogP contribution is -2.17. The molecule has 0 aromatic heterocycles. The van der Waals surface area contributed by atoms with E-state index in [4.69, 9.17) is 24.1 Å². The van der Waals surface area contributed by atoms with Crippen LogP contribution in [0.3, 0.4) is 0 Å². The summed E-state index contributed by atoms with van der Waals surface area (Å²) in [5, 5.41) is 18.2. The molecule has 0 bridgehead atoms. The number of aliphatic hydroxyl groups excluding tert-OH is 2. The van der Waals surface area contributed by atoms with E-state index in [1.807, 2.05) is 12.1 Å². The number of aryl methyl sites for hydroxylation is 1. The topological polar surface area (TPSA) is 94.5 Å². The van der Waals surface area contributed by atoms with Gasteiger partial charge in [0.25, 0.3) is 0 Å². The SMILES string of the molecule is C=C(CO)C(=O)OCOc1cc(OCOC(C)C(=C)CO)cc(-c2ccc(CCCCC)cc2)c1. The molecule has 2 N–H and O–H groups in total. The first-order chi connectivity index (χ1) is 16.9. The van der Waals surface area contributed by atoms with Gasteiger partial charge < -0.3 is 29.2 Å². The standard InChI is InChI=1S/C28H36O7/c1-5-6-7-8-23-9-11-24(12-10-23)25-13-26(33-18-32-22(4)20(2)16-29)15-27(14-25)34-19-35-28(31)21(3)17-30/h9-15,22,29-30H,2-3,5-8,16-19H2,1,4H3. The van der Waals surface area contributed by atoms with Crippen molar-refractivity contribution in [3.8, 4) is 22.6 Å². The number of hydrogen-bond donors (Lipinski definition) is 2. The molecule has 0 fully saturated rings. The lowest BCUT2D eigenvalue weighted by molar-refractivity contribution is -0.145. The Bertz CT molecular complexity index is 966. The summed E-state index contributed by atoms with van der Waals surface area (Å²) < 4.78 is 21.9. The second kappa shape index (κ2) is 15.0. The molecular weight excluding hydrogens is 448 g/mol. The monoisotopic (exact) mass is 484 g/mol. The van der Waals surface area contributed by atoms with Gasteiger partial charge in [0, 0.05) is 6.07 Å². The summed E-state index contributed by atoms with van der Waals surface area (Å²) in [5.74, 6) is 0.197. The Balaban J connectivity index is 2.15. The molecule has 0 radical (unpaired) electrons. The molecule has 190 valence electrons. The molecule has 7 nitrogen and oxygen atoms in total. The molecule has 1 atom stereocenters. The van der Waals surface area contributed by atoms with E-state index >= 15 is 0 Å². The van der Waals surface area contributed by atoms with Crippen LogP contribution in [0.1, 0.15) is 38.7 Å². The van der Waals surface area contributed by atoms with Gasteiger partial charge in [0.15, 0.2) is 6.79 Å². The zero-order chi connectivity index (χ0) is 25.6. The van der Waals surface area contributed by atoms with Crippen molar-refractivity contribution in [2.24, 2.45) is 0 Å². The minimum Gasteiger partial charge on any atom is -0.467 e. The molecule has 0 amide bonds. The van der Waals surface area contributed by atoms with Gasteiger partial charge in [0.1, 0.15) is 11.5 Å². The first-order valence-electron chi connectivity index (χ1n) is 11.7. The molecule has 0 spiro atoms. The number of aliphatic hydroxyl groups is 2. The Morgan fingerprint density at radius 2 is 1.57 bits per heavy atom. The lowest BCUT2D eigenvalue weighted by atomic mass is 10.0. The Morgan fingerprint density at radius 1 is 0.914 bits per heavy atom. The largest absolute Gasteiger partial charge is 0.467 e. The highest BCUT2D eigenvalue weighted by Gasteiger charge is 2.11. The van der Waals surface area contributed by atoms with Crippen molar-refractivity contribution in [2.75, 3.05) is 26.8 Å². The maximum Gasteiger partial charge on any atom is 0.338 e. The van der Waals surface area contributed by atoms with Crippen LogP contribution >= 0.6 is 0 Å². The van der Waals surface area contributed by atoms with Crippen molar-refractivity contribution in [3.63, 3.8) is 0 Å². The fraction of sp³-hybridized carbons (Fsp3) is 0.393. The van der Waals surface area contributed by atoms with Crippen LogP contribution in [0.2, 0.25) is 0 Å². The number of benzene rings is 2. The van der Waals surface area contributed by atoms with Crippen molar-refractivity contribution in [1.82, 2.24) is 0 Å². The van der Waals surface area contributed by atoms with E-state index in [1.54, 1.807) is 13.0 Å². The minimum atomic E-state index is -0.731. The average molecular weight is 485 g/mol. The predicted octanol–water partition coefficient (Wildman–Crippen LogP) is 4.80. The number of rotatable bonds is 16. The molecule has 7 heteroatoms. The maximum atomic E-state index is 11.7. The van der Waals surface area contributed by atoms with Gasteiger partial charge >= 0.3 is 5.97 Å². The molecule has 0 aliphatic heterocycles. The van der Waals surface area contributed by atoms with E-state index in [9.17, 15) is 9.90 Å². The van der Waals surface area contributed by atoms with Crippen LogP contribution in [0.4, 0.5) is 0 Å². The number of esters is 1. The van der Waals surface area contributed by atoms with E-state index in [0.29, 0.717) is 17.1 Å². The highest BCUT2D eigenvalue weighted by molar-refractivity contribution is 5.87. The molecule has 0 saturated carbocycles. The third kappa shape index (κ3) is 9.56. The first kappa shape index (κ1) is 28.1. The van der Waals surface area contributed by atoms with E-state index in [0.717, 1.165) is 17.5 Å². The number of carbonyl (C=O) groups excluding carboxylic acids is 1. The van der Waals surface area contributed by atoms with Crippen molar-refractivity contribution in [3.05, 3.63) is 72.3 Å². The summed E-state index contributed by atoms with van der Waals surface area (Å²) in [4.78, 5) is 11.7. The van der Waals surface area contributed by atoms with Crippen molar-refractivity contribution < 1.29 is 34.0 Å². The molecule has 35 heavy (non-hydrogen) atoms.